The van der Waals surface area contributed by atoms with Crippen molar-refractivity contribution in [2.24, 2.45) is 0 Å². The van der Waals surface area contributed by atoms with Gasteiger partial charge in [-0.3, -0.25) is 9.48 Å². The minimum atomic E-state index is 0.115. The molecule has 0 spiro atoms. The van der Waals surface area contributed by atoms with E-state index in [0.29, 0.717) is 13.0 Å². The highest BCUT2D eigenvalue weighted by Crippen LogP contribution is 2.02. The van der Waals surface area contributed by atoms with Crippen molar-refractivity contribution in [2.45, 2.75) is 40.2 Å². The predicted molar refractivity (Wildman–Crippen MR) is 72.5 cm³/mol. The van der Waals surface area contributed by atoms with E-state index in [9.17, 15) is 4.79 Å². The second kappa shape index (κ2) is 7.87. The van der Waals surface area contributed by atoms with Crippen molar-refractivity contribution in [1.82, 2.24) is 20.4 Å². The van der Waals surface area contributed by atoms with Gasteiger partial charge in [0.1, 0.15) is 0 Å². The maximum absolute atomic E-state index is 11.4. The van der Waals surface area contributed by atoms with Crippen LogP contribution in [0.1, 0.15) is 31.2 Å². The fourth-order valence-corrected chi connectivity index (χ4v) is 1.83. The molecule has 0 aliphatic heterocycles. The number of hydrogen-bond acceptors (Lipinski definition) is 3. The average Bonchev–Trinajstić information content (AvgIpc) is 2.64. The first-order chi connectivity index (χ1) is 8.63. The maximum Gasteiger partial charge on any atom is 0.221 e. The summed E-state index contributed by atoms with van der Waals surface area (Å²) in [6.45, 7) is 9.30. The van der Waals surface area contributed by atoms with E-state index < -0.39 is 0 Å². The lowest BCUT2D eigenvalue weighted by molar-refractivity contribution is -0.121. The Kier molecular flexibility index (Phi) is 6.43. The third-order valence-corrected chi connectivity index (χ3v) is 2.75. The van der Waals surface area contributed by atoms with Crippen LogP contribution in [-0.4, -0.2) is 35.3 Å². The number of nitrogens with one attached hydrogen (secondary N) is 2. The molecule has 0 aliphatic carbocycles. The molecule has 0 aliphatic rings. The van der Waals surface area contributed by atoms with E-state index in [1.54, 1.807) is 0 Å². The van der Waals surface area contributed by atoms with E-state index in [2.05, 4.69) is 28.7 Å². The van der Waals surface area contributed by atoms with Gasteiger partial charge in [0.25, 0.3) is 0 Å². The quantitative estimate of drug-likeness (QED) is 0.679. The fourth-order valence-electron chi connectivity index (χ4n) is 1.83. The Hall–Kier alpha value is -1.36. The van der Waals surface area contributed by atoms with Crippen molar-refractivity contribution in [2.75, 3.05) is 19.6 Å². The molecule has 1 amide bonds. The molecule has 0 bridgehead atoms. The smallest absolute Gasteiger partial charge is 0.221 e. The van der Waals surface area contributed by atoms with Crippen molar-refractivity contribution in [3.8, 4) is 0 Å². The number of amides is 1. The van der Waals surface area contributed by atoms with Gasteiger partial charge in [0, 0.05) is 31.7 Å². The molecule has 0 atom stereocenters. The van der Waals surface area contributed by atoms with Crippen molar-refractivity contribution in [3.63, 3.8) is 0 Å². The molecule has 102 valence electrons. The normalized spacial score (nSPS) is 10.6. The molecule has 1 aromatic rings. The van der Waals surface area contributed by atoms with Crippen LogP contribution in [0.2, 0.25) is 0 Å². The van der Waals surface area contributed by atoms with E-state index in [4.69, 9.17) is 0 Å². The summed E-state index contributed by atoms with van der Waals surface area (Å²) in [5.41, 5.74) is 2.22. The first-order valence-corrected chi connectivity index (χ1v) is 6.62. The van der Waals surface area contributed by atoms with Gasteiger partial charge in [-0.2, -0.15) is 5.10 Å². The van der Waals surface area contributed by atoms with Gasteiger partial charge < -0.3 is 10.6 Å². The lowest BCUT2D eigenvalue weighted by Crippen LogP contribution is -2.28. The molecule has 0 fully saturated rings. The molecular formula is C13H24N4O. The van der Waals surface area contributed by atoms with Crippen LogP contribution < -0.4 is 10.6 Å². The Labute approximate surface area is 109 Å². The number of aromatic nitrogens is 2. The first kappa shape index (κ1) is 14.7. The highest BCUT2D eigenvalue weighted by Gasteiger charge is 2.02. The zero-order chi connectivity index (χ0) is 13.4. The Morgan fingerprint density at radius 3 is 2.78 bits per heavy atom. The third kappa shape index (κ3) is 5.31. The van der Waals surface area contributed by atoms with Gasteiger partial charge in [0.15, 0.2) is 0 Å². The van der Waals surface area contributed by atoms with Crippen LogP contribution in [0.4, 0.5) is 0 Å². The summed E-state index contributed by atoms with van der Waals surface area (Å²) in [6, 6.07) is 2.06. The van der Waals surface area contributed by atoms with Gasteiger partial charge in [-0.25, -0.2) is 0 Å². The Balaban J connectivity index is 2.11. The molecule has 1 rings (SSSR count). The zero-order valence-corrected chi connectivity index (χ0v) is 11.6. The number of rotatable bonds is 8. The van der Waals surface area contributed by atoms with Gasteiger partial charge in [0.2, 0.25) is 5.91 Å². The van der Waals surface area contributed by atoms with Crippen LogP contribution in [0, 0.1) is 13.8 Å². The second-order valence-corrected chi connectivity index (χ2v) is 4.46. The minimum absolute atomic E-state index is 0.115. The maximum atomic E-state index is 11.4. The number of carbonyl (C=O) groups excluding carboxylic acids is 1. The summed E-state index contributed by atoms with van der Waals surface area (Å²) in [7, 11) is 0. The molecule has 5 heteroatoms. The summed E-state index contributed by atoms with van der Waals surface area (Å²) < 4.78 is 1.99. The van der Waals surface area contributed by atoms with Crippen LogP contribution in [-0.2, 0) is 11.3 Å². The fraction of sp³-hybridized carbons (Fsp3) is 0.692. The molecule has 0 unspecified atom stereocenters. The van der Waals surface area contributed by atoms with Crippen molar-refractivity contribution < 1.29 is 4.79 Å². The molecule has 18 heavy (non-hydrogen) atoms. The van der Waals surface area contributed by atoms with E-state index >= 15 is 0 Å². The van der Waals surface area contributed by atoms with Crippen molar-refractivity contribution >= 4 is 5.91 Å². The molecule has 0 saturated carbocycles. The Bertz CT molecular complexity index is 373. The molecule has 2 N–H and O–H groups in total. The number of hydrogen-bond donors (Lipinski definition) is 2. The van der Waals surface area contributed by atoms with Crippen LogP contribution in [0.3, 0.4) is 0 Å². The average molecular weight is 252 g/mol. The van der Waals surface area contributed by atoms with Gasteiger partial charge in [-0.15, -0.1) is 0 Å². The van der Waals surface area contributed by atoms with E-state index in [1.165, 1.54) is 5.69 Å². The highest BCUT2D eigenvalue weighted by molar-refractivity contribution is 5.75. The molecule has 5 nitrogen and oxygen atoms in total. The van der Waals surface area contributed by atoms with Crippen molar-refractivity contribution in [3.05, 3.63) is 17.5 Å². The molecule has 1 aromatic heterocycles. The first-order valence-electron chi connectivity index (χ1n) is 6.62. The molecule has 0 saturated heterocycles. The predicted octanol–water partition coefficient (Wildman–Crippen LogP) is 1.01. The summed E-state index contributed by atoms with van der Waals surface area (Å²) in [4.78, 5) is 11.4. The molecule has 0 radical (unpaired) electrons. The van der Waals surface area contributed by atoms with Gasteiger partial charge >= 0.3 is 0 Å². The van der Waals surface area contributed by atoms with Gasteiger partial charge in [-0.05, 0) is 32.9 Å². The number of carbonyl (C=O) groups is 1. The van der Waals surface area contributed by atoms with Crippen LogP contribution in [0.5, 0.6) is 0 Å². The van der Waals surface area contributed by atoms with E-state index in [-0.39, 0.29) is 5.91 Å². The van der Waals surface area contributed by atoms with E-state index in [0.717, 1.165) is 31.7 Å². The lowest BCUT2D eigenvalue weighted by Gasteiger charge is -2.07. The Morgan fingerprint density at radius 1 is 1.39 bits per heavy atom. The topological polar surface area (TPSA) is 59.0 Å². The largest absolute Gasteiger partial charge is 0.356 e. The SMILES string of the molecule is CCNCCC(=O)NCCCn1nc(C)cc1C. The van der Waals surface area contributed by atoms with Gasteiger partial charge in [0.05, 0.1) is 5.69 Å². The van der Waals surface area contributed by atoms with Crippen LogP contribution in [0.15, 0.2) is 6.07 Å². The number of aryl methyl sites for hydroxylation is 3. The third-order valence-electron chi connectivity index (χ3n) is 2.75. The zero-order valence-electron chi connectivity index (χ0n) is 11.6. The second-order valence-electron chi connectivity index (χ2n) is 4.46. The van der Waals surface area contributed by atoms with E-state index in [1.807, 2.05) is 18.5 Å². The van der Waals surface area contributed by atoms with Crippen molar-refractivity contribution in [1.29, 1.82) is 0 Å². The monoisotopic (exact) mass is 252 g/mol. The summed E-state index contributed by atoms with van der Waals surface area (Å²) in [5, 5.41) is 10.4. The summed E-state index contributed by atoms with van der Waals surface area (Å²) in [5.74, 6) is 0.115. The lowest BCUT2D eigenvalue weighted by atomic mass is 10.3. The highest BCUT2D eigenvalue weighted by atomic mass is 16.1. The molecule has 1 heterocycles. The molecular weight excluding hydrogens is 228 g/mol. The Morgan fingerprint density at radius 2 is 2.17 bits per heavy atom. The summed E-state index contributed by atoms with van der Waals surface area (Å²) >= 11 is 0. The number of nitrogens with zero attached hydrogens (tertiary/aromatic N) is 2. The molecule has 0 aromatic carbocycles. The standard InChI is InChI=1S/C13H24N4O/c1-4-14-8-6-13(18)15-7-5-9-17-12(3)10-11(2)16-17/h10,14H,4-9H2,1-3H3,(H,15,18). The van der Waals surface area contributed by atoms with Crippen LogP contribution >= 0.6 is 0 Å². The minimum Gasteiger partial charge on any atom is -0.356 e. The summed E-state index contributed by atoms with van der Waals surface area (Å²) in [6.07, 6.45) is 1.46. The van der Waals surface area contributed by atoms with Crippen LogP contribution in [0.25, 0.3) is 0 Å². The van der Waals surface area contributed by atoms with Gasteiger partial charge in [-0.1, -0.05) is 6.92 Å².